The highest BCUT2D eigenvalue weighted by molar-refractivity contribution is 7.09. The fourth-order valence-electron chi connectivity index (χ4n) is 2.73. The van der Waals surface area contributed by atoms with Crippen LogP contribution in [0.5, 0.6) is 5.75 Å². The zero-order valence-electron chi connectivity index (χ0n) is 13.6. The summed E-state index contributed by atoms with van der Waals surface area (Å²) in [4.78, 5) is 32.5. The van der Waals surface area contributed by atoms with E-state index in [1.54, 1.807) is 30.0 Å². The lowest BCUT2D eigenvalue weighted by atomic mass is 10.1. The molecular formula is C17H19N3O3S. The van der Waals surface area contributed by atoms with Crippen LogP contribution >= 0.6 is 11.3 Å². The van der Waals surface area contributed by atoms with Crippen LogP contribution in [0, 0.1) is 0 Å². The third-order valence-electron chi connectivity index (χ3n) is 4.10. The van der Waals surface area contributed by atoms with E-state index in [4.69, 9.17) is 4.74 Å². The summed E-state index contributed by atoms with van der Waals surface area (Å²) >= 11 is 1.49. The molecule has 1 aromatic carbocycles. The molecule has 6 nitrogen and oxygen atoms in total. The van der Waals surface area contributed by atoms with Gasteiger partial charge in [-0.25, -0.2) is 4.98 Å². The molecule has 1 atom stereocenters. The van der Waals surface area contributed by atoms with E-state index < -0.39 is 6.04 Å². The van der Waals surface area contributed by atoms with Crippen LogP contribution in [-0.2, 0) is 22.7 Å². The number of methoxy groups -OCH3 is 1. The third-order valence-corrected chi connectivity index (χ3v) is 4.87. The fraction of sp³-hybridized carbons (Fsp3) is 0.353. The molecule has 126 valence electrons. The number of nitrogens with zero attached hydrogens (tertiary/aromatic N) is 3. The van der Waals surface area contributed by atoms with Crippen molar-refractivity contribution in [3.63, 3.8) is 0 Å². The number of thiazole rings is 1. The number of hydrogen-bond acceptors (Lipinski definition) is 5. The van der Waals surface area contributed by atoms with Crippen molar-refractivity contribution in [2.45, 2.75) is 26.1 Å². The summed E-state index contributed by atoms with van der Waals surface area (Å²) in [6.45, 7) is 2.68. The normalized spacial score (nSPS) is 18.2. The van der Waals surface area contributed by atoms with E-state index in [-0.39, 0.29) is 18.4 Å². The van der Waals surface area contributed by atoms with Crippen molar-refractivity contribution in [1.29, 1.82) is 0 Å². The molecule has 1 aromatic heterocycles. The molecule has 0 aliphatic carbocycles. The van der Waals surface area contributed by atoms with E-state index in [1.165, 1.54) is 11.3 Å². The quantitative estimate of drug-likeness (QED) is 0.830. The van der Waals surface area contributed by atoms with Crippen LogP contribution in [0.1, 0.15) is 17.5 Å². The Balaban J connectivity index is 1.69. The molecule has 0 unspecified atom stereocenters. The SMILES string of the molecule is COc1ccc(CN2CC(=O)N(Cc3nccs3)[C@@H](C)C2=O)cc1. The van der Waals surface area contributed by atoms with Gasteiger partial charge >= 0.3 is 0 Å². The van der Waals surface area contributed by atoms with Gasteiger partial charge in [-0.05, 0) is 24.6 Å². The molecule has 2 aromatic rings. The van der Waals surface area contributed by atoms with Crippen LogP contribution in [0.3, 0.4) is 0 Å². The summed E-state index contributed by atoms with van der Waals surface area (Å²) in [7, 11) is 1.61. The van der Waals surface area contributed by atoms with Crippen molar-refractivity contribution in [3.05, 3.63) is 46.4 Å². The van der Waals surface area contributed by atoms with E-state index in [9.17, 15) is 9.59 Å². The number of hydrogen-bond donors (Lipinski definition) is 0. The van der Waals surface area contributed by atoms with Gasteiger partial charge in [-0.2, -0.15) is 0 Å². The Kier molecular flexibility index (Phi) is 4.80. The molecule has 0 radical (unpaired) electrons. The lowest BCUT2D eigenvalue weighted by molar-refractivity contribution is -0.156. The average molecular weight is 345 g/mol. The molecule has 1 aliphatic rings. The Hall–Kier alpha value is -2.41. The number of carbonyl (C=O) groups excluding carboxylic acids is 2. The number of piperazine rings is 1. The number of carbonyl (C=O) groups is 2. The first-order valence-corrected chi connectivity index (χ1v) is 8.56. The molecule has 1 fully saturated rings. The van der Waals surface area contributed by atoms with Crippen molar-refractivity contribution in [3.8, 4) is 5.75 Å². The minimum absolute atomic E-state index is 0.0398. The van der Waals surface area contributed by atoms with Gasteiger partial charge in [-0.15, -0.1) is 11.3 Å². The van der Waals surface area contributed by atoms with Crippen molar-refractivity contribution >= 4 is 23.2 Å². The van der Waals surface area contributed by atoms with Gasteiger partial charge in [0.05, 0.1) is 13.7 Å². The first-order chi connectivity index (χ1) is 11.6. The molecule has 1 saturated heterocycles. The van der Waals surface area contributed by atoms with E-state index in [2.05, 4.69) is 4.98 Å². The number of benzene rings is 1. The van der Waals surface area contributed by atoms with Gasteiger partial charge in [-0.1, -0.05) is 12.1 Å². The second-order valence-corrected chi connectivity index (χ2v) is 6.64. The first-order valence-electron chi connectivity index (χ1n) is 7.68. The van der Waals surface area contributed by atoms with E-state index in [1.807, 2.05) is 29.6 Å². The zero-order valence-corrected chi connectivity index (χ0v) is 14.5. The summed E-state index contributed by atoms with van der Waals surface area (Å²) in [6, 6.07) is 7.04. The number of amides is 2. The molecule has 0 N–H and O–H groups in total. The summed E-state index contributed by atoms with van der Waals surface area (Å²) in [6.07, 6.45) is 1.71. The predicted molar refractivity (Wildman–Crippen MR) is 90.5 cm³/mol. The molecule has 0 saturated carbocycles. The number of ether oxygens (including phenoxy) is 1. The summed E-state index contributed by atoms with van der Waals surface area (Å²) in [5, 5.41) is 2.71. The predicted octanol–water partition coefficient (Wildman–Crippen LogP) is 1.91. The van der Waals surface area contributed by atoms with Crippen LogP contribution in [0.15, 0.2) is 35.8 Å². The summed E-state index contributed by atoms with van der Waals surface area (Å²) in [5.74, 6) is 0.676. The lowest BCUT2D eigenvalue weighted by Gasteiger charge is -2.38. The molecule has 3 rings (SSSR count). The Morgan fingerprint density at radius 1 is 1.25 bits per heavy atom. The van der Waals surface area contributed by atoms with Gasteiger partial charge in [0.1, 0.15) is 23.3 Å². The van der Waals surface area contributed by atoms with Crippen molar-refractivity contribution in [1.82, 2.24) is 14.8 Å². The number of rotatable bonds is 5. The zero-order chi connectivity index (χ0) is 17.1. The summed E-state index contributed by atoms with van der Waals surface area (Å²) < 4.78 is 5.13. The molecular weight excluding hydrogens is 326 g/mol. The van der Waals surface area contributed by atoms with Crippen molar-refractivity contribution in [2.75, 3.05) is 13.7 Å². The highest BCUT2D eigenvalue weighted by atomic mass is 32.1. The average Bonchev–Trinajstić information content (AvgIpc) is 3.10. The molecule has 24 heavy (non-hydrogen) atoms. The maximum absolute atomic E-state index is 12.6. The molecule has 0 spiro atoms. The molecule has 7 heteroatoms. The minimum atomic E-state index is -0.478. The minimum Gasteiger partial charge on any atom is -0.497 e. The van der Waals surface area contributed by atoms with E-state index >= 15 is 0 Å². The Morgan fingerprint density at radius 3 is 2.62 bits per heavy atom. The first kappa shape index (κ1) is 16.4. The van der Waals surface area contributed by atoms with Gasteiger partial charge in [0, 0.05) is 18.1 Å². The topological polar surface area (TPSA) is 62.7 Å². The van der Waals surface area contributed by atoms with Crippen molar-refractivity contribution < 1.29 is 14.3 Å². The van der Waals surface area contributed by atoms with Crippen LogP contribution in [0.2, 0.25) is 0 Å². The Bertz CT molecular complexity index is 715. The van der Waals surface area contributed by atoms with Crippen LogP contribution < -0.4 is 4.74 Å². The maximum atomic E-state index is 12.6. The van der Waals surface area contributed by atoms with Gasteiger partial charge < -0.3 is 14.5 Å². The largest absolute Gasteiger partial charge is 0.497 e. The molecule has 2 amide bonds. The smallest absolute Gasteiger partial charge is 0.245 e. The van der Waals surface area contributed by atoms with Crippen LogP contribution in [0.25, 0.3) is 0 Å². The summed E-state index contributed by atoms with van der Waals surface area (Å²) in [5.41, 5.74) is 0.970. The Labute approximate surface area is 144 Å². The number of aromatic nitrogens is 1. The molecule has 2 heterocycles. The van der Waals surface area contributed by atoms with Gasteiger partial charge in [0.15, 0.2) is 0 Å². The van der Waals surface area contributed by atoms with E-state index in [0.29, 0.717) is 13.1 Å². The monoisotopic (exact) mass is 345 g/mol. The van der Waals surface area contributed by atoms with Crippen LogP contribution in [-0.4, -0.2) is 46.3 Å². The van der Waals surface area contributed by atoms with E-state index in [0.717, 1.165) is 16.3 Å². The third kappa shape index (κ3) is 3.41. The second-order valence-electron chi connectivity index (χ2n) is 5.67. The maximum Gasteiger partial charge on any atom is 0.245 e. The van der Waals surface area contributed by atoms with Gasteiger partial charge in [0.25, 0.3) is 0 Å². The molecule has 1 aliphatic heterocycles. The lowest BCUT2D eigenvalue weighted by Crippen LogP contribution is -2.57. The highest BCUT2D eigenvalue weighted by Gasteiger charge is 2.36. The van der Waals surface area contributed by atoms with Crippen LogP contribution in [0.4, 0.5) is 0 Å². The second kappa shape index (κ2) is 7.00. The van der Waals surface area contributed by atoms with Gasteiger partial charge in [-0.3, -0.25) is 9.59 Å². The molecule has 0 bridgehead atoms. The van der Waals surface area contributed by atoms with Crippen molar-refractivity contribution in [2.24, 2.45) is 0 Å². The Morgan fingerprint density at radius 2 is 2.00 bits per heavy atom. The van der Waals surface area contributed by atoms with Gasteiger partial charge in [0.2, 0.25) is 11.8 Å². The highest BCUT2D eigenvalue weighted by Crippen LogP contribution is 2.20. The fourth-order valence-corrected chi connectivity index (χ4v) is 3.35. The standard InChI is InChI=1S/C17H19N3O3S/c1-12-17(22)19(9-13-3-5-14(23-2)6-4-13)11-16(21)20(12)10-15-18-7-8-24-15/h3-8,12H,9-11H2,1-2H3/t12-/m0/s1.